The van der Waals surface area contributed by atoms with Crippen molar-refractivity contribution in [2.45, 2.75) is 44.7 Å². The number of hydrogen-bond donors (Lipinski definition) is 3. The Bertz CT molecular complexity index is 1110. The number of nitrogens with zero attached hydrogens (tertiary/aromatic N) is 1. The average molecular weight is 483 g/mol. The van der Waals surface area contributed by atoms with Gasteiger partial charge in [-0.2, -0.15) is 0 Å². The first-order valence-electron chi connectivity index (χ1n) is 10.8. The van der Waals surface area contributed by atoms with E-state index in [1.807, 2.05) is 0 Å². The van der Waals surface area contributed by atoms with Crippen molar-refractivity contribution < 1.29 is 37.1 Å². The summed E-state index contributed by atoms with van der Waals surface area (Å²) in [5.41, 5.74) is -0.862. The lowest BCUT2D eigenvalue weighted by molar-refractivity contribution is -0.119. The summed E-state index contributed by atoms with van der Waals surface area (Å²) in [5, 5.41) is 14.4. The van der Waals surface area contributed by atoms with Crippen LogP contribution in [0.5, 0.6) is 0 Å². The molecular weight excluding hydrogens is 458 g/mol. The van der Waals surface area contributed by atoms with Crippen LogP contribution in [0.15, 0.2) is 18.2 Å². The second-order valence-electron chi connectivity index (χ2n) is 8.23. The van der Waals surface area contributed by atoms with Crippen LogP contribution in [-0.4, -0.2) is 52.8 Å². The Balaban J connectivity index is 1.92. The summed E-state index contributed by atoms with van der Waals surface area (Å²) in [5.74, 6) is -5.03. The first kappa shape index (κ1) is 25.4. The molecule has 184 valence electrons. The molecule has 1 aromatic heterocycles. The first-order chi connectivity index (χ1) is 16.2. The van der Waals surface area contributed by atoms with E-state index in [4.69, 9.17) is 0 Å². The highest BCUT2D eigenvalue weighted by molar-refractivity contribution is 6.43. The van der Waals surface area contributed by atoms with Crippen molar-refractivity contribution in [1.82, 2.24) is 9.88 Å². The number of aliphatic hydroxyl groups excluding tert-OH is 1. The molecule has 2 aromatic rings. The summed E-state index contributed by atoms with van der Waals surface area (Å²) < 4.78 is 54.2. The minimum Gasteiger partial charge on any atom is -0.394 e. The summed E-state index contributed by atoms with van der Waals surface area (Å²) in [4.78, 5) is 38.8. The molecule has 0 saturated heterocycles. The van der Waals surface area contributed by atoms with Gasteiger partial charge in [-0.25, -0.2) is 8.78 Å². The maximum absolute atomic E-state index is 13.5. The number of nitrogens with one attached hydrogen (secondary N) is 2. The van der Waals surface area contributed by atoms with Crippen molar-refractivity contribution in [3.63, 3.8) is 0 Å². The molecule has 34 heavy (non-hydrogen) atoms. The number of alkyl halides is 2. The fraction of sp³-hybridized carbons (Fsp3) is 0.435. The van der Waals surface area contributed by atoms with Crippen LogP contribution in [0, 0.1) is 18.6 Å². The first-order valence-corrected chi connectivity index (χ1v) is 10.8. The molecule has 7 nitrogen and oxygen atoms in total. The number of Topliss-reactive ketones (excluding diaryl/α,β-unsaturated/α-hetero) is 1. The average Bonchev–Trinajstić information content (AvgIpc) is 3.35. The summed E-state index contributed by atoms with van der Waals surface area (Å²) >= 11 is 0. The standard InChI is InChI=1S/C23H25F4N3O4/c1-13-18(20(32)22(34)29-23(12-31,6-8-24)7-9-25)17-3-2-10-30(17)19(13)21(33)28-14-4-5-15(26)16(27)11-14/h4-5,11,31H,2-3,6-10,12H2,1H3,(H,28,33)(H,29,34). The van der Waals surface area contributed by atoms with Gasteiger partial charge in [-0.05, 0) is 37.5 Å². The van der Waals surface area contributed by atoms with E-state index in [-0.39, 0.29) is 35.3 Å². The van der Waals surface area contributed by atoms with Crippen LogP contribution in [0.25, 0.3) is 0 Å². The van der Waals surface area contributed by atoms with E-state index in [0.29, 0.717) is 25.1 Å². The lowest BCUT2D eigenvalue weighted by atomic mass is 9.92. The van der Waals surface area contributed by atoms with Gasteiger partial charge in [0, 0.05) is 36.8 Å². The number of ketones is 1. The van der Waals surface area contributed by atoms with E-state index in [9.17, 15) is 37.1 Å². The Hall–Kier alpha value is -3.21. The molecule has 0 atom stereocenters. The highest BCUT2D eigenvalue weighted by Gasteiger charge is 2.37. The maximum atomic E-state index is 13.5. The SMILES string of the molecule is Cc1c(C(=O)C(=O)NC(CO)(CCF)CCF)c2n(c1C(=O)Nc1ccc(F)c(F)c1)CCC2. The number of aromatic nitrogens is 1. The minimum absolute atomic E-state index is 0.00206. The molecular formula is C23H25F4N3O4. The van der Waals surface area contributed by atoms with Gasteiger partial charge < -0.3 is 20.3 Å². The van der Waals surface area contributed by atoms with E-state index >= 15 is 0 Å². The highest BCUT2D eigenvalue weighted by atomic mass is 19.2. The van der Waals surface area contributed by atoms with Crippen LogP contribution in [0.2, 0.25) is 0 Å². The monoisotopic (exact) mass is 483 g/mol. The van der Waals surface area contributed by atoms with E-state index < -0.39 is 54.7 Å². The van der Waals surface area contributed by atoms with E-state index in [0.717, 1.165) is 12.1 Å². The Morgan fingerprint density at radius 1 is 1.12 bits per heavy atom. The van der Waals surface area contributed by atoms with Gasteiger partial charge in [-0.3, -0.25) is 23.2 Å². The number of fused-ring (bicyclic) bond motifs is 1. The molecule has 2 amide bonds. The number of aliphatic hydroxyl groups is 1. The van der Waals surface area contributed by atoms with Crippen LogP contribution in [0.1, 0.15) is 51.4 Å². The zero-order valence-electron chi connectivity index (χ0n) is 18.5. The summed E-state index contributed by atoms with van der Waals surface area (Å²) in [7, 11) is 0. The van der Waals surface area contributed by atoms with Gasteiger partial charge in [0.25, 0.3) is 17.6 Å². The number of halogens is 4. The summed E-state index contributed by atoms with van der Waals surface area (Å²) in [6, 6.07) is 2.87. The molecule has 0 aliphatic carbocycles. The van der Waals surface area contributed by atoms with Gasteiger partial charge in [0.05, 0.1) is 31.1 Å². The van der Waals surface area contributed by atoms with Crippen molar-refractivity contribution in [1.29, 1.82) is 0 Å². The molecule has 0 unspecified atom stereocenters. The Kier molecular flexibility index (Phi) is 7.75. The van der Waals surface area contributed by atoms with Crippen LogP contribution in [0.3, 0.4) is 0 Å². The van der Waals surface area contributed by atoms with Gasteiger partial charge >= 0.3 is 0 Å². The van der Waals surface area contributed by atoms with Crippen LogP contribution in [0.4, 0.5) is 23.2 Å². The van der Waals surface area contributed by atoms with Gasteiger partial charge in [-0.15, -0.1) is 0 Å². The Morgan fingerprint density at radius 2 is 1.79 bits per heavy atom. The number of carbonyl (C=O) groups is 3. The number of carbonyl (C=O) groups excluding carboxylic acids is 3. The quantitative estimate of drug-likeness (QED) is 0.275. The normalized spacial score (nSPS) is 13.0. The van der Waals surface area contributed by atoms with Gasteiger partial charge in [0.15, 0.2) is 11.6 Å². The molecule has 0 spiro atoms. The summed E-state index contributed by atoms with van der Waals surface area (Å²) in [6.45, 7) is -0.757. The maximum Gasteiger partial charge on any atom is 0.292 e. The third-order valence-corrected chi connectivity index (χ3v) is 6.06. The molecule has 3 N–H and O–H groups in total. The van der Waals surface area contributed by atoms with Crippen LogP contribution >= 0.6 is 0 Å². The largest absolute Gasteiger partial charge is 0.394 e. The third-order valence-electron chi connectivity index (χ3n) is 6.06. The fourth-order valence-electron chi connectivity index (χ4n) is 4.30. The highest BCUT2D eigenvalue weighted by Crippen LogP contribution is 2.30. The number of anilines is 1. The Labute approximate surface area is 193 Å². The minimum atomic E-state index is -1.63. The molecule has 1 aromatic carbocycles. The Morgan fingerprint density at radius 3 is 2.38 bits per heavy atom. The predicted molar refractivity (Wildman–Crippen MR) is 115 cm³/mol. The number of hydrogen-bond acceptors (Lipinski definition) is 4. The van der Waals surface area contributed by atoms with Crippen molar-refractivity contribution in [3.05, 3.63) is 52.3 Å². The number of rotatable bonds is 10. The van der Waals surface area contributed by atoms with Gasteiger partial charge in [0.1, 0.15) is 5.69 Å². The molecule has 0 bridgehead atoms. The second kappa shape index (κ2) is 10.4. The third kappa shape index (κ3) is 4.84. The molecule has 1 aliphatic heterocycles. The number of amides is 2. The van der Waals surface area contributed by atoms with Crippen LogP contribution in [-0.2, 0) is 17.8 Å². The van der Waals surface area contributed by atoms with E-state index in [2.05, 4.69) is 10.6 Å². The lowest BCUT2D eigenvalue weighted by Gasteiger charge is -2.31. The number of benzene rings is 1. The fourth-order valence-corrected chi connectivity index (χ4v) is 4.30. The molecule has 0 fully saturated rings. The predicted octanol–water partition coefficient (Wildman–Crippen LogP) is 3.02. The zero-order chi connectivity index (χ0) is 25.0. The van der Waals surface area contributed by atoms with Gasteiger partial charge in [0.2, 0.25) is 0 Å². The summed E-state index contributed by atoms with van der Waals surface area (Å²) in [6.07, 6.45) is 0.267. The molecule has 11 heteroatoms. The van der Waals surface area contributed by atoms with Crippen molar-refractivity contribution in [2.75, 3.05) is 25.3 Å². The van der Waals surface area contributed by atoms with Crippen LogP contribution < -0.4 is 10.6 Å². The van der Waals surface area contributed by atoms with E-state index in [1.165, 1.54) is 13.0 Å². The topological polar surface area (TPSA) is 100 Å². The van der Waals surface area contributed by atoms with Crippen molar-refractivity contribution >= 4 is 23.3 Å². The second-order valence-corrected chi connectivity index (χ2v) is 8.23. The molecule has 2 heterocycles. The van der Waals surface area contributed by atoms with E-state index in [1.54, 1.807) is 4.57 Å². The zero-order valence-corrected chi connectivity index (χ0v) is 18.5. The van der Waals surface area contributed by atoms with Crippen molar-refractivity contribution in [2.24, 2.45) is 0 Å². The molecule has 0 radical (unpaired) electrons. The van der Waals surface area contributed by atoms with Gasteiger partial charge in [-0.1, -0.05) is 0 Å². The molecule has 1 aliphatic rings. The smallest absolute Gasteiger partial charge is 0.292 e. The molecule has 3 rings (SSSR count). The van der Waals surface area contributed by atoms with Crippen molar-refractivity contribution in [3.8, 4) is 0 Å². The lowest BCUT2D eigenvalue weighted by Crippen LogP contribution is -2.54. The molecule has 0 saturated carbocycles.